The summed E-state index contributed by atoms with van der Waals surface area (Å²) in [5.74, 6) is 0.958. The first-order chi connectivity index (χ1) is 12.3. The molecule has 0 spiro atoms. The zero-order chi connectivity index (χ0) is 22.3. The number of allylic oxidation sites excluding steroid dienone is 2. The van der Waals surface area contributed by atoms with E-state index >= 15 is 0 Å². The molecular weight excluding hydrogens is 389 g/mol. The molecule has 2 nitrogen and oxygen atoms in total. The van der Waals surface area contributed by atoms with Gasteiger partial charge in [0, 0.05) is 15.5 Å². The van der Waals surface area contributed by atoms with Crippen molar-refractivity contribution in [2.75, 3.05) is 0 Å². The van der Waals surface area contributed by atoms with Crippen LogP contribution >= 0.6 is 0 Å². The van der Waals surface area contributed by atoms with Crippen molar-refractivity contribution in [2.45, 2.75) is 96.9 Å². The van der Waals surface area contributed by atoms with Crippen LogP contribution in [0.25, 0.3) is 0 Å². The third-order valence-corrected chi connectivity index (χ3v) is 27.9. The minimum Gasteiger partial charge on any atom is -0.313 e. The number of nitrogens with zero attached hydrogens (tertiary/aromatic N) is 1. The van der Waals surface area contributed by atoms with Crippen molar-refractivity contribution in [3.8, 4) is 0 Å². The summed E-state index contributed by atoms with van der Waals surface area (Å²) in [4.78, 5) is 0. The SMILES string of the molecule is C=C[C@H]1C[C@H](C(=C)C)C/C(=N\NC([Si](C)(C)C)([Si](C)(C)C)[Si](C)(C)C)C1(C)C. The van der Waals surface area contributed by atoms with E-state index in [2.05, 4.69) is 104 Å². The second-order valence-corrected chi connectivity index (χ2v) is 30.0. The van der Waals surface area contributed by atoms with Crippen LogP contribution in [0.2, 0.25) is 58.9 Å². The lowest BCUT2D eigenvalue weighted by atomic mass is 9.63. The molecule has 162 valence electrons. The summed E-state index contributed by atoms with van der Waals surface area (Å²) < 4.78 is 0.232. The maximum absolute atomic E-state index is 5.32. The fourth-order valence-electron chi connectivity index (χ4n) is 6.38. The summed E-state index contributed by atoms with van der Waals surface area (Å²) in [5.41, 5.74) is 6.63. The van der Waals surface area contributed by atoms with Gasteiger partial charge in [0.15, 0.2) is 0 Å². The van der Waals surface area contributed by atoms with Gasteiger partial charge < -0.3 is 5.43 Å². The van der Waals surface area contributed by atoms with Gasteiger partial charge in [0.25, 0.3) is 0 Å². The molecule has 0 heterocycles. The van der Waals surface area contributed by atoms with Crippen molar-refractivity contribution in [1.29, 1.82) is 0 Å². The van der Waals surface area contributed by atoms with E-state index in [0.29, 0.717) is 11.8 Å². The minimum absolute atomic E-state index is 0.0464. The van der Waals surface area contributed by atoms with E-state index in [-0.39, 0.29) is 9.82 Å². The van der Waals surface area contributed by atoms with Gasteiger partial charge in [0.1, 0.15) is 0 Å². The normalized spacial score (nSPS) is 25.5. The van der Waals surface area contributed by atoms with E-state index in [9.17, 15) is 0 Å². The van der Waals surface area contributed by atoms with Crippen molar-refractivity contribution in [3.05, 3.63) is 24.8 Å². The van der Waals surface area contributed by atoms with Crippen LogP contribution in [0.5, 0.6) is 0 Å². The molecule has 1 fully saturated rings. The molecule has 1 aliphatic carbocycles. The Kier molecular flexibility index (Phi) is 7.35. The smallest absolute Gasteiger partial charge is 0.0687 e. The number of rotatable bonds is 7. The maximum Gasteiger partial charge on any atom is 0.0687 e. The summed E-state index contributed by atoms with van der Waals surface area (Å²) in [6.07, 6.45) is 4.32. The van der Waals surface area contributed by atoms with Crippen LogP contribution in [0.3, 0.4) is 0 Å². The van der Waals surface area contributed by atoms with E-state index in [4.69, 9.17) is 5.10 Å². The molecule has 0 aromatic rings. The van der Waals surface area contributed by atoms with Crippen molar-refractivity contribution < 1.29 is 0 Å². The third-order valence-electron chi connectivity index (χ3n) is 7.36. The number of hydrazone groups is 1. The van der Waals surface area contributed by atoms with Gasteiger partial charge in [-0.2, -0.15) is 5.10 Å². The average molecular weight is 437 g/mol. The molecule has 0 aromatic carbocycles. The van der Waals surface area contributed by atoms with Gasteiger partial charge in [0.2, 0.25) is 0 Å². The Morgan fingerprint density at radius 1 is 1.04 bits per heavy atom. The Morgan fingerprint density at radius 3 is 1.79 bits per heavy atom. The molecule has 1 saturated carbocycles. The van der Waals surface area contributed by atoms with Crippen molar-refractivity contribution in [3.63, 3.8) is 0 Å². The van der Waals surface area contributed by atoms with Crippen LogP contribution in [-0.4, -0.2) is 34.3 Å². The van der Waals surface area contributed by atoms with Gasteiger partial charge >= 0.3 is 0 Å². The van der Waals surface area contributed by atoms with Gasteiger partial charge in [0.05, 0.1) is 24.2 Å². The molecule has 1 N–H and O–H groups in total. The Balaban J connectivity index is 3.56. The molecule has 0 saturated heterocycles. The quantitative estimate of drug-likeness (QED) is 0.256. The number of hydrogen-bond donors (Lipinski definition) is 1. The highest BCUT2D eigenvalue weighted by atomic mass is 28.5. The third kappa shape index (κ3) is 4.51. The summed E-state index contributed by atoms with van der Waals surface area (Å²) >= 11 is 0. The molecule has 5 heteroatoms. The fraction of sp³-hybridized carbons (Fsp3) is 0.783. The molecule has 0 unspecified atom stereocenters. The highest BCUT2D eigenvalue weighted by Gasteiger charge is 2.60. The molecule has 0 radical (unpaired) electrons. The molecule has 1 rings (SSSR count). The Hall–Kier alpha value is -0.399. The van der Waals surface area contributed by atoms with Crippen LogP contribution in [0.4, 0.5) is 0 Å². The van der Waals surface area contributed by atoms with Gasteiger partial charge in [-0.25, -0.2) is 0 Å². The molecule has 0 aliphatic heterocycles. The first kappa shape index (κ1) is 25.6. The molecule has 2 atom stereocenters. The van der Waals surface area contributed by atoms with Crippen molar-refractivity contribution in [2.24, 2.45) is 22.4 Å². The van der Waals surface area contributed by atoms with E-state index in [1.807, 2.05) is 0 Å². The fourth-order valence-corrected chi connectivity index (χ4v) is 34.6. The first-order valence-electron chi connectivity index (χ1n) is 10.9. The average Bonchev–Trinajstić information content (AvgIpc) is 2.44. The molecule has 0 amide bonds. The molecule has 28 heavy (non-hydrogen) atoms. The zero-order valence-electron chi connectivity index (χ0n) is 21.0. The van der Waals surface area contributed by atoms with Crippen LogP contribution < -0.4 is 5.43 Å². The van der Waals surface area contributed by atoms with Gasteiger partial charge in [-0.15, -0.1) is 6.58 Å². The second kappa shape index (κ2) is 8.03. The van der Waals surface area contributed by atoms with E-state index in [1.54, 1.807) is 0 Å². The minimum atomic E-state index is -1.54. The number of hydrogen-bond acceptors (Lipinski definition) is 2. The topological polar surface area (TPSA) is 24.4 Å². The lowest BCUT2D eigenvalue weighted by Crippen LogP contribution is -2.83. The van der Waals surface area contributed by atoms with E-state index < -0.39 is 24.2 Å². The Bertz CT molecular complexity index is 592. The summed E-state index contributed by atoms with van der Waals surface area (Å²) in [5, 5.41) is 5.32. The molecule has 1 aliphatic rings. The maximum atomic E-state index is 5.32. The predicted octanol–water partition coefficient (Wildman–Crippen LogP) is 7.12. The van der Waals surface area contributed by atoms with Crippen LogP contribution in [0.15, 0.2) is 29.9 Å². The van der Waals surface area contributed by atoms with Crippen LogP contribution in [0.1, 0.15) is 33.6 Å². The lowest BCUT2D eigenvalue weighted by Gasteiger charge is -2.58. The van der Waals surface area contributed by atoms with E-state index in [1.165, 1.54) is 11.3 Å². The summed E-state index contributed by atoms with van der Waals surface area (Å²) in [7, 11) is -4.61. The summed E-state index contributed by atoms with van der Waals surface area (Å²) in [6.45, 7) is 38.2. The van der Waals surface area contributed by atoms with Crippen LogP contribution in [0, 0.1) is 17.3 Å². The van der Waals surface area contributed by atoms with Gasteiger partial charge in [-0.1, -0.05) is 91.0 Å². The monoisotopic (exact) mass is 436 g/mol. The predicted molar refractivity (Wildman–Crippen MR) is 138 cm³/mol. The van der Waals surface area contributed by atoms with Gasteiger partial charge in [-0.05, 0) is 31.6 Å². The number of nitrogens with one attached hydrogen (secondary N) is 1. The van der Waals surface area contributed by atoms with E-state index in [0.717, 1.165) is 12.8 Å². The van der Waals surface area contributed by atoms with Crippen molar-refractivity contribution in [1.82, 2.24) is 5.43 Å². The zero-order valence-corrected chi connectivity index (χ0v) is 24.0. The summed E-state index contributed by atoms with van der Waals surface area (Å²) in [6, 6.07) is 0. The largest absolute Gasteiger partial charge is 0.313 e. The standard InChI is InChI=1S/C23H48N2Si3/c1-15-20-16-19(18(2)3)17-21(22(20,4)5)24-25-23(26(6,7)8,27(9,10)11)28(12,13)14/h15,19-20,25H,1-2,16-17H2,3-14H3/b24-21+/t19-,20-/m0/s1. The second-order valence-electron chi connectivity index (χ2n) is 12.7. The lowest BCUT2D eigenvalue weighted by molar-refractivity contribution is 0.277. The van der Waals surface area contributed by atoms with Gasteiger partial charge in [-0.3, -0.25) is 0 Å². The van der Waals surface area contributed by atoms with Crippen LogP contribution in [-0.2, 0) is 0 Å². The van der Waals surface area contributed by atoms with Crippen molar-refractivity contribution >= 4 is 29.9 Å². The first-order valence-corrected chi connectivity index (χ1v) is 21.4. The molecular formula is C23H48N2Si3. The highest BCUT2D eigenvalue weighted by Crippen LogP contribution is 2.45. The Morgan fingerprint density at radius 2 is 1.46 bits per heavy atom. The highest BCUT2D eigenvalue weighted by molar-refractivity contribution is 7.15. The molecule has 0 aromatic heterocycles. The Labute approximate surface area is 179 Å². The molecule has 0 bridgehead atoms.